The maximum absolute atomic E-state index is 12.3. The lowest BCUT2D eigenvalue weighted by molar-refractivity contribution is 0.0520. The summed E-state index contributed by atoms with van der Waals surface area (Å²) in [5.74, 6) is 0.558. The molecule has 3 aromatic rings. The third kappa shape index (κ3) is 3.74. The van der Waals surface area contributed by atoms with Gasteiger partial charge in [0.2, 0.25) is 5.88 Å². The zero-order valence-electron chi connectivity index (χ0n) is 15.0. The average molecular weight is 352 g/mol. The van der Waals surface area contributed by atoms with Gasteiger partial charge < -0.3 is 14.2 Å². The van der Waals surface area contributed by atoms with E-state index in [1.807, 2.05) is 31.2 Å². The standard InChI is InChI=1S/C20H20N2O4/c1-4-25-20(23)17-9-15-11-21-10-13(2)18(15)22-19(17)26-12-14-5-7-16(24-3)8-6-14/h5-11H,4,12H2,1-3H3. The molecule has 0 radical (unpaired) electrons. The van der Waals surface area contributed by atoms with Crippen LogP contribution in [0.3, 0.4) is 0 Å². The second-order valence-corrected chi connectivity index (χ2v) is 5.73. The minimum absolute atomic E-state index is 0.251. The van der Waals surface area contributed by atoms with Crippen molar-refractivity contribution in [1.82, 2.24) is 9.97 Å². The Morgan fingerprint density at radius 1 is 1.15 bits per heavy atom. The number of hydrogen-bond acceptors (Lipinski definition) is 6. The van der Waals surface area contributed by atoms with Gasteiger partial charge in [-0.2, -0.15) is 0 Å². The van der Waals surface area contributed by atoms with E-state index in [0.717, 1.165) is 27.8 Å². The molecule has 1 aromatic carbocycles. The summed E-state index contributed by atoms with van der Waals surface area (Å²) in [5, 5.41) is 0.768. The van der Waals surface area contributed by atoms with Crippen molar-refractivity contribution in [3.8, 4) is 11.6 Å². The number of aryl methyl sites for hydroxylation is 1. The Balaban J connectivity index is 1.94. The molecular formula is C20H20N2O4. The van der Waals surface area contributed by atoms with E-state index in [1.165, 1.54) is 0 Å². The smallest absolute Gasteiger partial charge is 0.343 e. The molecule has 26 heavy (non-hydrogen) atoms. The molecule has 6 heteroatoms. The number of esters is 1. The minimum atomic E-state index is -0.465. The third-order valence-electron chi connectivity index (χ3n) is 3.90. The minimum Gasteiger partial charge on any atom is -0.497 e. The van der Waals surface area contributed by atoms with E-state index in [-0.39, 0.29) is 19.1 Å². The molecule has 0 spiro atoms. The van der Waals surface area contributed by atoms with Crippen LogP contribution in [0.5, 0.6) is 11.6 Å². The van der Waals surface area contributed by atoms with Gasteiger partial charge in [-0.05, 0) is 43.2 Å². The van der Waals surface area contributed by atoms with Crippen molar-refractivity contribution in [2.75, 3.05) is 13.7 Å². The van der Waals surface area contributed by atoms with Crippen LogP contribution in [0.1, 0.15) is 28.4 Å². The zero-order chi connectivity index (χ0) is 18.5. The summed E-state index contributed by atoms with van der Waals surface area (Å²) in [6.07, 6.45) is 3.40. The van der Waals surface area contributed by atoms with E-state index in [4.69, 9.17) is 14.2 Å². The number of aromatic nitrogens is 2. The SMILES string of the molecule is CCOC(=O)c1cc2cncc(C)c2nc1OCc1ccc(OC)cc1. The van der Waals surface area contributed by atoms with E-state index in [1.54, 1.807) is 32.5 Å². The van der Waals surface area contributed by atoms with Gasteiger partial charge in [0, 0.05) is 17.8 Å². The van der Waals surface area contributed by atoms with Gasteiger partial charge in [0.15, 0.2) is 0 Å². The normalized spacial score (nSPS) is 10.6. The second-order valence-electron chi connectivity index (χ2n) is 5.73. The summed E-state index contributed by atoms with van der Waals surface area (Å²) in [6, 6.07) is 9.23. The Hall–Kier alpha value is -3.15. The Kier molecular flexibility index (Phi) is 5.31. The quantitative estimate of drug-likeness (QED) is 0.630. The van der Waals surface area contributed by atoms with Gasteiger partial charge in [0.05, 0.1) is 19.2 Å². The van der Waals surface area contributed by atoms with Crippen LogP contribution in [0.2, 0.25) is 0 Å². The van der Waals surface area contributed by atoms with Crippen molar-refractivity contribution in [1.29, 1.82) is 0 Å². The fourth-order valence-electron chi connectivity index (χ4n) is 2.56. The molecule has 0 N–H and O–H groups in total. The number of carbonyl (C=O) groups excluding carboxylic acids is 1. The van der Waals surface area contributed by atoms with Gasteiger partial charge in [0.1, 0.15) is 17.9 Å². The predicted molar refractivity (Wildman–Crippen MR) is 97.6 cm³/mol. The number of hydrogen-bond donors (Lipinski definition) is 0. The van der Waals surface area contributed by atoms with E-state index in [9.17, 15) is 4.79 Å². The highest BCUT2D eigenvalue weighted by Crippen LogP contribution is 2.25. The molecule has 0 unspecified atom stereocenters. The lowest BCUT2D eigenvalue weighted by atomic mass is 10.1. The fraction of sp³-hybridized carbons (Fsp3) is 0.250. The summed E-state index contributed by atoms with van der Waals surface area (Å²) >= 11 is 0. The summed E-state index contributed by atoms with van der Waals surface area (Å²) < 4.78 is 16.1. The van der Waals surface area contributed by atoms with Gasteiger partial charge in [-0.15, -0.1) is 0 Å². The molecule has 0 saturated carbocycles. The van der Waals surface area contributed by atoms with Crippen LogP contribution in [-0.2, 0) is 11.3 Å². The van der Waals surface area contributed by atoms with Crippen molar-refractivity contribution in [3.63, 3.8) is 0 Å². The van der Waals surface area contributed by atoms with Crippen molar-refractivity contribution in [2.45, 2.75) is 20.5 Å². The molecule has 2 aromatic heterocycles. The van der Waals surface area contributed by atoms with Gasteiger partial charge in [-0.1, -0.05) is 12.1 Å². The van der Waals surface area contributed by atoms with Crippen LogP contribution in [-0.4, -0.2) is 29.7 Å². The Bertz CT molecular complexity index is 923. The molecule has 134 valence electrons. The molecular weight excluding hydrogens is 332 g/mol. The molecule has 0 aliphatic carbocycles. The highest BCUT2D eigenvalue weighted by Gasteiger charge is 2.18. The van der Waals surface area contributed by atoms with Crippen LogP contribution >= 0.6 is 0 Å². The highest BCUT2D eigenvalue weighted by molar-refractivity contribution is 5.96. The molecule has 3 rings (SSSR count). The topological polar surface area (TPSA) is 70.5 Å². The fourth-order valence-corrected chi connectivity index (χ4v) is 2.56. The number of benzene rings is 1. The molecule has 0 bridgehead atoms. The first-order chi connectivity index (χ1) is 12.6. The van der Waals surface area contributed by atoms with Crippen molar-refractivity contribution in [2.24, 2.45) is 0 Å². The number of ether oxygens (including phenoxy) is 3. The summed E-state index contributed by atoms with van der Waals surface area (Å²) in [4.78, 5) is 21.0. The van der Waals surface area contributed by atoms with Crippen LogP contribution in [0.4, 0.5) is 0 Å². The van der Waals surface area contributed by atoms with E-state index < -0.39 is 5.97 Å². The largest absolute Gasteiger partial charge is 0.497 e. The first-order valence-electron chi connectivity index (χ1n) is 8.30. The highest BCUT2D eigenvalue weighted by atomic mass is 16.5. The predicted octanol–water partition coefficient (Wildman–Crippen LogP) is 3.70. The second kappa shape index (κ2) is 7.82. The van der Waals surface area contributed by atoms with Crippen LogP contribution in [0.25, 0.3) is 10.9 Å². The molecule has 0 aliphatic heterocycles. The van der Waals surface area contributed by atoms with Crippen molar-refractivity contribution in [3.05, 3.63) is 59.4 Å². The van der Waals surface area contributed by atoms with E-state index in [2.05, 4.69) is 9.97 Å². The summed E-state index contributed by atoms with van der Waals surface area (Å²) in [7, 11) is 1.62. The molecule has 6 nitrogen and oxygen atoms in total. The van der Waals surface area contributed by atoms with Crippen LogP contribution < -0.4 is 9.47 Å². The van der Waals surface area contributed by atoms with Gasteiger partial charge in [0.25, 0.3) is 0 Å². The molecule has 0 saturated heterocycles. The number of nitrogens with zero attached hydrogens (tertiary/aromatic N) is 2. The first kappa shape index (κ1) is 17.7. The van der Waals surface area contributed by atoms with Gasteiger partial charge >= 0.3 is 5.97 Å². The van der Waals surface area contributed by atoms with E-state index >= 15 is 0 Å². The van der Waals surface area contributed by atoms with Gasteiger partial charge in [-0.3, -0.25) is 4.98 Å². The lowest BCUT2D eigenvalue weighted by Crippen LogP contribution is -2.10. The Morgan fingerprint density at radius 2 is 1.92 bits per heavy atom. The number of methoxy groups -OCH3 is 1. The molecule has 0 atom stereocenters. The first-order valence-corrected chi connectivity index (χ1v) is 8.30. The van der Waals surface area contributed by atoms with Crippen LogP contribution in [0, 0.1) is 6.92 Å². The van der Waals surface area contributed by atoms with Gasteiger partial charge in [-0.25, -0.2) is 9.78 Å². The van der Waals surface area contributed by atoms with E-state index in [0.29, 0.717) is 5.56 Å². The van der Waals surface area contributed by atoms with Crippen molar-refractivity contribution >= 4 is 16.9 Å². The number of carbonyl (C=O) groups is 1. The number of rotatable bonds is 6. The van der Waals surface area contributed by atoms with Crippen molar-refractivity contribution < 1.29 is 19.0 Å². The molecule has 0 aliphatic rings. The Morgan fingerprint density at radius 3 is 2.62 bits per heavy atom. The monoisotopic (exact) mass is 352 g/mol. The molecule has 0 fully saturated rings. The summed E-state index contributed by atoms with van der Waals surface area (Å²) in [6.45, 7) is 4.23. The average Bonchev–Trinajstić information content (AvgIpc) is 2.67. The summed E-state index contributed by atoms with van der Waals surface area (Å²) in [5.41, 5.74) is 2.89. The number of fused-ring (bicyclic) bond motifs is 1. The maximum atomic E-state index is 12.3. The Labute approximate surface area is 151 Å². The van der Waals surface area contributed by atoms with Crippen LogP contribution in [0.15, 0.2) is 42.7 Å². The molecule has 0 amide bonds. The molecule has 2 heterocycles. The lowest BCUT2D eigenvalue weighted by Gasteiger charge is -2.12. The zero-order valence-corrected chi connectivity index (χ0v) is 15.0. The third-order valence-corrected chi connectivity index (χ3v) is 3.90. The maximum Gasteiger partial charge on any atom is 0.343 e. The number of pyridine rings is 2.